The van der Waals surface area contributed by atoms with E-state index in [9.17, 15) is 0 Å². The average molecular weight is 242 g/mol. The van der Waals surface area contributed by atoms with Crippen LogP contribution >= 0.6 is 12.4 Å². The summed E-state index contributed by atoms with van der Waals surface area (Å²) in [7, 11) is 0. The van der Waals surface area contributed by atoms with Crippen molar-refractivity contribution in [3.05, 3.63) is 23.8 Å². The van der Waals surface area contributed by atoms with E-state index in [4.69, 9.17) is 15.2 Å². The molecule has 1 fully saturated rings. The summed E-state index contributed by atoms with van der Waals surface area (Å²) in [5, 5.41) is 0. The number of benzene rings is 1. The molecule has 1 atom stereocenters. The molecule has 3 nitrogen and oxygen atoms in total. The second kappa shape index (κ2) is 4.52. The smallest absolute Gasteiger partial charge is 0.231 e. The Morgan fingerprint density at radius 3 is 2.62 bits per heavy atom. The molecule has 1 aromatic carbocycles. The first-order valence-corrected chi connectivity index (χ1v) is 5.50. The van der Waals surface area contributed by atoms with Crippen molar-refractivity contribution in [2.45, 2.75) is 25.3 Å². The number of hydrogen-bond donors (Lipinski definition) is 1. The van der Waals surface area contributed by atoms with Crippen LogP contribution in [0.5, 0.6) is 11.5 Å². The third-order valence-corrected chi connectivity index (χ3v) is 3.44. The van der Waals surface area contributed by atoms with Gasteiger partial charge in [-0.15, -0.1) is 12.4 Å². The van der Waals surface area contributed by atoms with Crippen molar-refractivity contribution >= 4 is 12.4 Å². The predicted octanol–water partition coefficient (Wildman–Crippen LogP) is 2.64. The molecule has 0 radical (unpaired) electrons. The predicted molar refractivity (Wildman–Crippen MR) is 64.1 cm³/mol. The summed E-state index contributed by atoms with van der Waals surface area (Å²) in [6.45, 7) is 0.331. The van der Waals surface area contributed by atoms with Crippen LogP contribution in [-0.2, 0) is 0 Å². The van der Waals surface area contributed by atoms with Crippen LogP contribution in [0, 0.1) is 5.92 Å². The SMILES string of the molecule is Cl.N[C@@H](c1ccc2c(c1)OCO2)C1CCC1. The molecule has 2 N–H and O–H groups in total. The zero-order valence-electron chi connectivity index (χ0n) is 9.02. The van der Waals surface area contributed by atoms with Crippen LogP contribution in [0.25, 0.3) is 0 Å². The van der Waals surface area contributed by atoms with Crippen LogP contribution in [0.1, 0.15) is 30.9 Å². The van der Waals surface area contributed by atoms with Crippen molar-refractivity contribution < 1.29 is 9.47 Å². The molecular formula is C12H16ClNO2. The van der Waals surface area contributed by atoms with Crippen molar-refractivity contribution in [3.63, 3.8) is 0 Å². The molecule has 1 aromatic rings. The Morgan fingerprint density at radius 2 is 1.94 bits per heavy atom. The quantitative estimate of drug-likeness (QED) is 0.866. The molecule has 0 amide bonds. The molecule has 3 rings (SSSR count). The first kappa shape index (κ1) is 11.6. The van der Waals surface area contributed by atoms with Gasteiger partial charge in [0.15, 0.2) is 11.5 Å². The van der Waals surface area contributed by atoms with E-state index in [2.05, 4.69) is 6.07 Å². The largest absolute Gasteiger partial charge is 0.454 e. The summed E-state index contributed by atoms with van der Waals surface area (Å²) in [6.07, 6.45) is 3.84. The molecule has 0 unspecified atom stereocenters. The number of halogens is 1. The Labute approximate surface area is 101 Å². The van der Waals surface area contributed by atoms with Gasteiger partial charge in [0.05, 0.1) is 0 Å². The Balaban J connectivity index is 0.000000963. The molecule has 2 aliphatic rings. The highest BCUT2D eigenvalue weighted by atomic mass is 35.5. The van der Waals surface area contributed by atoms with Crippen LogP contribution in [-0.4, -0.2) is 6.79 Å². The van der Waals surface area contributed by atoms with Gasteiger partial charge in [-0.25, -0.2) is 0 Å². The number of rotatable bonds is 2. The fourth-order valence-electron chi connectivity index (χ4n) is 2.19. The van der Waals surface area contributed by atoms with Crippen molar-refractivity contribution in [3.8, 4) is 11.5 Å². The van der Waals surface area contributed by atoms with Crippen molar-refractivity contribution in [1.82, 2.24) is 0 Å². The Hall–Kier alpha value is -0.930. The van der Waals surface area contributed by atoms with Gasteiger partial charge < -0.3 is 15.2 Å². The number of fused-ring (bicyclic) bond motifs is 1. The van der Waals surface area contributed by atoms with E-state index in [1.165, 1.54) is 24.8 Å². The van der Waals surface area contributed by atoms with Gasteiger partial charge in [-0.1, -0.05) is 12.5 Å². The summed E-state index contributed by atoms with van der Waals surface area (Å²) in [6, 6.07) is 6.19. The molecular weight excluding hydrogens is 226 g/mol. The average Bonchev–Trinajstić information content (AvgIpc) is 2.61. The number of ether oxygens (including phenoxy) is 2. The van der Waals surface area contributed by atoms with E-state index >= 15 is 0 Å². The highest BCUT2D eigenvalue weighted by Crippen LogP contribution is 2.39. The molecule has 0 spiro atoms. The Bertz CT molecular complexity index is 379. The molecule has 0 bridgehead atoms. The second-order valence-electron chi connectivity index (χ2n) is 4.33. The van der Waals surface area contributed by atoms with Crippen molar-refractivity contribution in [1.29, 1.82) is 0 Å². The summed E-state index contributed by atoms with van der Waals surface area (Å²) in [5.74, 6) is 2.33. The lowest BCUT2D eigenvalue weighted by Crippen LogP contribution is -2.26. The summed E-state index contributed by atoms with van der Waals surface area (Å²) in [5.41, 5.74) is 7.37. The van der Waals surface area contributed by atoms with Crippen LogP contribution in [0.3, 0.4) is 0 Å². The zero-order valence-corrected chi connectivity index (χ0v) is 9.83. The lowest BCUT2D eigenvalue weighted by atomic mass is 9.77. The van der Waals surface area contributed by atoms with E-state index in [1.807, 2.05) is 12.1 Å². The minimum atomic E-state index is 0. The van der Waals surface area contributed by atoms with Gasteiger partial charge in [0.1, 0.15) is 0 Å². The highest BCUT2D eigenvalue weighted by molar-refractivity contribution is 5.85. The highest BCUT2D eigenvalue weighted by Gasteiger charge is 2.26. The fourth-order valence-corrected chi connectivity index (χ4v) is 2.19. The Kier molecular flexibility index (Phi) is 3.26. The van der Waals surface area contributed by atoms with E-state index in [0.29, 0.717) is 12.7 Å². The first-order valence-electron chi connectivity index (χ1n) is 5.50. The molecule has 1 aliphatic carbocycles. The fraction of sp³-hybridized carbons (Fsp3) is 0.500. The van der Waals surface area contributed by atoms with E-state index in [-0.39, 0.29) is 18.4 Å². The van der Waals surface area contributed by atoms with Crippen LogP contribution < -0.4 is 15.2 Å². The van der Waals surface area contributed by atoms with Gasteiger partial charge in [0.25, 0.3) is 0 Å². The minimum Gasteiger partial charge on any atom is -0.454 e. The molecule has 0 saturated heterocycles. The standard InChI is InChI=1S/C12H15NO2.ClH/c13-12(8-2-1-3-8)9-4-5-10-11(6-9)15-7-14-10;/h4-6,8,12H,1-3,7,13H2;1H/t12-;/m1./s1. The number of hydrogen-bond acceptors (Lipinski definition) is 3. The van der Waals surface area contributed by atoms with Gasteiger partial charge in [0, 0.05) is 6.04 Å². The summed E-state index contributed by atoms with van der Waals surface area (Å²) >= 11 is 0. The normalized spacial score (nSPS) is 19.8. The second-order valence-corrected chi connectivity index (χ2v) is 4.33. The maximum Gasteiger partial charge on any atom is 0.231 e. The van der Waals surface area contributed by atoms with Gasteiger partial charge in [0.2, 0.25) is 6.79 Å². The maximum absolute atomic E-state index is 6.20. The van der Waals surface area contributed by atoms with Gasteiger partial charge in [-0.05, 0) is 36.5 Å². The van der Waals surface area contributed by atoms with Gasteiger partial charge in [-0.2, -0.15) is 0 Å². The molecule has 4 heteroatoms. The van der Waals surface area contributed by atoms with Crippen molar-refractivity contribution in [2.75, 3.05) is 6.79 Å². The lowest BCUT2D eigenvalue weighted by molar-refractivity contribution is 0.174. The first-order chi connectivity index (χ1) is 7.34. The van der Waals surface area contributed by atoms with Crippen LogP contribution in [0.15, 0.2) is 18.2 Å². The third kappa shape index (κ3) is 1.85. The monoisotopic (exact) mass is 241 g/mol. The zero-order chi connectivity index (χ0) is 10.3. The minimum absolute atomic E-state index is 0. The summed E-state index contributed by atoms with van der Waals surface area (Å²) < 4.78 is 10.6. The van der Waals surface area contributed by atoms with Gasteiger partial charge >= 0.3 is 0 Å². The topological polar surface area (TPSA) is 44.5 Å². The van der Waals surface area contributed by atoms with E-state index in [0.717, 1.165) is 11.5 Å². The lowest BCUT2D eigenvalue weighted by Gasteiger charge is -2.31. The van der Waals surface area contributed by atoms with Crippen LogP contribution in [0.2, 0.25) is 0 Å². The Morgan fingerprint density at radius 1 is 1.19 bits per heavy atom. The van der Waals surface area contributed by atoms with E-state index < -0.39 is 0 Å². The molecule has 1 heterocycles. The number of nitrogens with two attached hydrogens (primary N) is 1. The molecule has 1 aliphatic heterocycles. The molecule has 0 aromatic heterocycles. The molecule has 1 saturated carbocycles. The van der Waals surface area contributed by atoms with E-state index in [1.54, 1.807) is 0 Å². The van der Waals surface area contributed by atoms with Gasteiger partial charge in [-0.3, -0.25) is 0 Å². The van der Waals surface area contributed by atoms with Crippen LogP contribution in [0.4, 0.5) is 0 Å². The molecule has 16 heavy (non-hydrogen) atoms. The third-order valence-electron chi connectivity index (χ3n) is 3.44. The summed E-state index contributed by atoms with van der Waals surface area (Å²) in [4.78, 5) is 0. The van der Waals surface area contributed by atoms with Crippen molar-refractivity contribution in [2.24, 2.45) is 11.7 Å². The molecule has 88 valence electrons. The maximum atomic E-state index is 6.20.